The molecule has 26 heavy (non-hydrogen) atoms. The first-order chi connectivity index (χ1) is 12.2. The maximum Gasteiger partial charge on any atom is 0.326 e. The monoisotopic (exact) mass is 514 g/mol. The van der Waals surface area contributed by atoms with Crippen LogP contribution in [0.1, 0.15) is 11.5 Å². The molecule has 0 spiro atoms. The number of halogens is 3. The Morgan fingerprint density at radius 1 is 1.38 bits per heavy atom. The molecule has 140 valence electrons. The van der Waals surface area contributed by atoms with E-state index in [0.717, 1.165) is 0 Å². The summed E-state index contributed by atoms with van der Waals surface area (Å²) in [5, 5.41) is 20.0. The molecular formula is C15H13ClFIN2O5S. The highest BCUT2D eigenvalue weighted by molar-refractivity contribution is 14.1. The molecule has 2 atom stereocenters. The van der Waals surface area contributed by atoms with Gasteiger partial charge in [0.2, 0.25) is 0 Å². The maximum atomic E-state index is 15.1. The number of phenolic OH excluding ortho intramolecular Hbond substituents is 1. The van der Waals surface area contributed by atoms with Crippen LogP contribution in [0.15, 0.2) is 24.3 Å². The first-order valence-corrected chi connectivity index (χ1v) is 10.5. The lowest BCUT2D eigenvalue weighted by Crippen LogP contribution is -2.30. The summed E-state index contributed by atoms with van der Waals surface area (Å²) in [6, 6.07) is 5.84. The molecule has 1 amide bonds. The number of hydrogen-bond donors (Lipinski definition) is 3. The molecule has 1 aliphatic rings. The summed E-state index contributed by atoms with van der Waals surface area (Å²) in [5.74, 6) is -2.88. The molecular weight excluding hydrogens is 502 g/mol. The van der Waals surface area contributed by atoms with Gasteiger partial charge in [0, 0.05) is 11.3 Å². The lowest BCUT2D eigenvalue weighted by atomic mass is 9.97. The van der Waals surface area contributed by atoms with Crippen molar-refractivity contribution in [3.8, 4) is 5.75 Å². The van der Waals surface area contributed by atoms with Gasteiger partial charge in [-0.25, -0.2) is 13.4 Å². The summed E-state index contributed by atoms with van der Waals surface area (Å²) in [4.78, 5) is 11.4. The predicted octanol–water partition coefficient (Wildman–Crippen LogP) is 1.94. The Morgan fingerprint density at radius 3 is 2.62 bits per heavy atom. The second-order valence-electron chi connectivity index (χ2n) is 5.70. The average molecular weight is 515 g/mol. The number of alkyl halides is 2. The van der Waals surface area contributed by atoms with Crippen LogP contribution in [0, 0.1) is 5.82 Å². The molecule has 0 aromatic heterocycles. The first kappa shape index (κ1) is 19.4. The summed E-state index contributed by atoms with van der Waals surface area (Å²) in [6.45, 7) is -0.886. The van der Waals surface area contributed by atoms with Crippen LogP contribution in [0.5, 0.6) is 5.75 Å². The van der Waals surface area contributed by atoms with E-state index in [2.05, 4.69) is 0 Å². The van der Waals surface area contributed by atoms with Gasteiger partial charge in [-0.05, 0) is 23.1 Å². The second kappa shape index (κ2) is 6.98. The summed E-state index contributed by atoms with van der Waals surface area (Å²) in [6.07, 6.45) is 0. The van der Waals surface area contributed by atoms with Crippen molar-refractivity contribution >= 4 is 66.8 Å². The maximum absolute atomic E-state index is 15.1. The van der Waals surface area contributed by atoms with Crippen molar-refractivity contribution in [2.45, 2.75) is 9.30 Å². The van der Waals surface area contributed by atoms with E-state index in [1.807, 2.05) is 22.6 Å². The van der Waals surface area contributed by atoms with Crippen molar-refractivity contribution in [3.05, 3.63) is 35.6 Å². The van der Waals surface area contributed by atoms with Gasteiger partial charge in [0.05, 0.1) is 9.99 Å². The molecule has 11 heteroatoms. The SMILES string of the molecule is O=C1CN(c2c(O)cc3ccc(C(CO)C(Cl)I)cc3c2F)S(=O)(=O)N1. The molecule has 2 aromatic carbocycles. The number of aromatic hydroxyl groups is 1. The predicted molar refractivity (Wildman–Crippen MR) is 103 cm³/mol. The summed E-state index contributed by atoms with van der Waals surface area (Å²) < 4.78 is 40.8. The number of anilines is 1. The van der Waals surface area contributed by atoms with Gasteiger partial charge < -0.3 is 10.2 Å². The molecule has 3 N–H and O–H groups in total. The average Bonchev–Trinajstić information content (AvgIpc) is 2.80. The van der Waals surface area contributed by atoms with E-state index < -0.39 is 49.2 Å². The van der Waals surface area contributed by atoms with Crippen LogP contribution >= 0.6 is 34.2 Å². The number of nitrogens with one attached hydrogen (secondary N) is 1. The molecule has 1 aliphatic heterocycles. The van der Waals surface area contributed by atoms with E-state index in [4.69, 9.17) is 11.6 Å². The third-order valence-electron chi connectivity index (χ3n) is 4.06. The Morgan fingerprint density at radius 2 is 2.08 bits per heavy atom. The number of rotatable bonds is 4. The van der Waals surface area contributed by atoms with Crippen LogP contribution < -0.4 is 9.03 Å². The normalized spacial score (nSPS) is 18.8. The van der Waals surface area contributed by atoms with Crippen LogP contribution in [0.4, 0.5) is 10.1 Å². The van der Waals surface area contributed by atoms with Crippen LogP contribution in [0.25, 0.3) is 10.8 Å². The molecule has 0 radical (unpaired) electrons. The Balaban J connectivity index is 2.21. The number of aliphatic hydroxyl groups excluding tert-OH is 1. The van der Waals surface area contributed by atoms with Gasteiger partial charge >= 0.3 is 10.2 Å². The van der Waals surface area contributed by atoms with E-state index in [-0.39, 0.29) is 12.0 Å². The van der Waals surface area contributed by atoms with Crippen molar-refractivity contribution in [3.63, 3.8) is 0 Å². The molecule has 1 fully saturated rings. The molecule has 0 saturated carbocycles. The van der Waals surface area contributed by atoms with Gasteiger partial charge in [-0.2, -0.15) is 8.42 Å². The van der Waals surface area contributed by atoms with Crippen LogP contribution in [0.3, 0.4) is 0 Å². The molecule has 0 bridgehead atoms. The fourth-order valence-electron chi connectivity index (χ4n) is 2.79. The van der Waals surface area contributed by atoms with Crippen LogP contribution in [-0.2, 0) is 15.0 Å². The van der Waals surface area contributed by atoms with Crippen molar-refractivity contribution in [2.24, 2.45) is 0 Å². The zero-order chi connectivity index (χ0) is 19.2. The van der Waals surface area contributed by atoms with Gasteiger partial charge in [0.15, 0.2) is 5.82 Å². The van der Waals surface area contributed by atoms with Gasteiger partial charge in [-0.15, -0.1) is 11.6 Å². The third-order valence-corrected chi connectivity index (χ3v) is 6.60. The van der Waals surface area contributed by atoms with Crippen LogP contribution in [0.2, 0.25) is 0 Å². The lowest BCUT2D eigenvalue weighted by Gasteiger charge is -2.20. The quantitative estimate of drug-likeness (QED) is 0.427. The molecule has 1 heterocycles. The number of amides is 1. The summed E-state index contributed by atoms with van der Waals surface area (Å²) in [7, 11) is -4.28. The Hall–Kier alpha value is -1.37. The van der Waals surface area contributed by atoms with E-state index in [1.165, 1.54) is 18.2 Å². The molecule has 1 saturated heterocycles. The van der Waals surface area contributed by atoms with E-state index >= 15 is 4.39 Å². The molecule has 7 nitrogen and oxygen atoms in total. The number of carbonyl (C=O) groups is 1. The lowest BCUT2D eigenvalue weighted by molar-refractivity contribution is -0.117. The fraction of sp³-hybridized carbons (Fsp3) is 0.267. The van der Waals surface area contributed by atoms with Gasteiger partial charge in [0.25, 0.3) is 5.91 Å². The number of aliphatic hydroxyl groups is 1. The zero-order valence-electron chi connectivity index (χ0n) is 13.0. The summed E-state index contributed by atoms with van der Waals surface area (Å²) >= 11 is 7.97. The highest BCUT2D eigenvalue weighted by Gasteiger charge is 2.37. The first-order valence-electron chi connectivity index (χ1n) is 7.33. The van der Waals surface area contributed by atoms with E-state index in [1.54, 1.807) is 10.8 Å². The molecule has 2 unspecified atom stereocenters. The van der Waals surface area contributed by atoms with Gasteiger partial charge in [-0.3, -0.25) is 4.79 Å². The summed E-state index contributed by atoms with van der Waals surface area (Å²) in [5.41, 5.74) is -0.0473. The largest absolute Gasteiger partial charge is 0.506 e. The van der Waals surface area contributed by atoms with E-state index in [0.29, 0.717) is 15.3 Å². The number of carbonyl (C=O) groups excluding carboxylic acids is 1. The molecule has 2 aromatic rings. The van der Waals surface area contributed by atoms with Crippen molar-refractivity contribution in [1.29, 1.82) is 0 Å². The fourth-order valence-corrected chi connectivity index (χ4v) is 4.82. The minimum atomic E-state index is -4.28. The Kier molecular flexibility index (Phi) is 5.21. The topological polar surface area (TPSA) is 107 Å². The number of nitrogens with zero attached hydrogens (tertiary/aromatic N) is 1. The van der Waals surface area contributed by atoms with Crippen molar-refractivity contribution in [2.75, 3.05) is 17.5 Å². The highest BCUT2D eigenvalue weighted by atomic mass is 127. The molecule has 0 aliphatic carbocycles. The van der Waals surface area contributed by atoms with E-state index in [9.17, 15) is 23.4 Å². The number of phenols is 1. The minimum absolute atomic E-state index is 0.0389. The number of fused-ring (bicyclic) bond motifs is 1. The Labute approximate surface area is 167 Å². The zero-order valence-corrected chi connectivity index (χ0v) is 16.7. The second-order valence-corrected chi connectivity index (χ2v) is 9.84. The minimum Gasteiger partial charge on any atom is -0.506 e. The van der Waals surface area contributed by atoms with Crippen LogP contribution in [-0.4, -0.2) is 41.1 Å². The van der Waals surface area contributed by atoms with Crippen molar-refractivity contribution in [1.82, 2.24) is 4.72 Å². The van der Waals surface area contributed by atoms with Gasteiger partial charge in [-0.1, -0.05) is 34.7 Å². The van der Waals surface area contributed by atoms with Gasteiger partial charge in [0.1, 0.15) is 18.0 Å². The number of benzene rings is 2. The smallest absolute Gasteiger partial charge is 0.326 e. The third kappa shape index (κ3) is 3.30. The Bertz CT molecular complexity index is 1000. The molecule has 3 rings (SSSR count). The highest BCUT2D eigenvalue weighted by Crippen LogP contribution is 2.39. The number of hydrogen-bond acceptors (Lipinski definition) is 5. The standard InChI is InChI=1S/C15H13ClFIN2O5S/c16-15(18)10(6-21)7-1-2-8-4-11(22)14(13(17)9(8)3-7)20-5-12(23)19-26(20,24)25/h1-4,10,15,21-22H,5-6H2,(H,19,23). The van der Waals surface area contributed by atoms with Crippen molar-refractivity contribution < 1.29 is 27.8 Å².